The highest BCUT2D eigenvalue weighted by Gasteiger charge is 2.20. The molecule has 4 aromatic rings. The van der Waals surface area contributed by atoms with Crippen molar-refractivity contribution in [1.29, 1.82) is 0 Å². The fourth-order valence-electron chi connectivity index (χ4n) is 3.76. The van der Waals surface area contributed by atoms with E-state index < -0.39 is 22.8 Å². The number of hydrogen-bond donors (Lipinski definition) is 4. The molecular weight excluding hydrogens is 437 g/mol. The highest BCUT2D eigenvalue weighted by atomic mass is 19.1. The van der Waals surface area contributed by atoms with Crippen LogP contribution in [-0.4, -0.2) is 33.7 Å². The van der Waals surface area contributed by atoms with Crippen molar-refractivity contribution in [3.63, 3.8) is 0 Å². The molecule has 0 radical (unpaired) electrons. The first-order chi connectivity index (χ1) is 16.5. The summed E-state index contributed by atoms with van der Waals surface area (Å²) < 4.78 is 16.7. The van der Waals surface area contributed by atoms with Crippen LogP contribution >= 0.6 is 0 Å². The number of benzene rings is 2. The van der Waals surface area contributed by atoms with Gasteiger partial charge in [-0.3, -0.25) is 4.79 Å². The molecule has 174 valence electrons. The maximum atomic E-state index is 15.1. The van der Waals surface area contributed by atoms with Crippen LogP contribution in [0, 0.1) is 5.82 Å². The molecule has 5 N–H and O–H groups in total. The monoisotopic (exact) mass is 461 g/mol. The number of nitrogens with two attached hydrogens (primary N) is 1. The van der Waals surface area contributed by atoms with Crippen molar-refractivity contribution in [1.82, 2.24) is 9.55 Å². The van der Waals surface area contributed by atoms with Gasteiger partial charge in [0.2, 0.25) is 5.43 Å². The number of nitrogens with zero attached hydrogens (tertiary/aromatic N) is 2. The summed E-state index contributed by atoms with van der Waals surface area (Å²) in [6.45, 7) is 1.21. The Hall–Kier alpha value is -4.40. The Labute approximate surface area is 194 Å². The number of anilines is 3. The molecule has 8 nitrogen and oxygen atoms in total. The predicted octanol–water partition coefficient (Wildman–Crippen LogP) is 3.58. The molecule has 4 rings (SSSR count). The number of hydrogen-bond acceptors (Lipinski definition) is 6. The summed E-state index contributed by atoms with van der Waals surface area (Å²) in [7, 11) is 0. The lowest BCUT2D eigenvalue weighted by atomic mass is 10.1. The fourth-order valence-corrected chi connectivity index (χ4v) is 3.76. The van der Waals surface area contributed by atoms with Gasteiger partial charge in [-0.1, -0.05) is 36.4 Å². The van der Waals surface area contributed by atoms with Crippen LogP contribution in [0.5, 0.6) is 0 Å². The van der Waals surface area contributed by atoms with Gasteiger partial charge in [-0.05, 0) is 30.2 Å². The zero-order chi connectivity index (χ0) is 24.1. The minimum atomic E-state index is -1.39. The number of carboxylic acid groups (broad SMARTS) is 1. The van der Waals surface area contributed by atoms with Gasteiger partial charge in [0.25, 0.3) is 0 Å². The molecule has 2 aromatic carbocycles. The number of carboxylic acids is 1. The third kappa shape index (κ3) is 4.83. The van der Waals surface area contributed by atoms with E-state index in [2.05, 4.69) is 15.6 Å². The van der Waals surface area contributed by atoms with Crippen LogP contribution < -0.4 is 21.8 Å². The summed E-state index contributed by atoms with van der Waals surface area (Å²) in [6, 6.07) is 16.6. The second-order valence-corrected chi connectivity index (χ2v) is 7.72. The molecule has 0 spiro atoms. The predicted molar refractivity (Wildman–Crippen MR) is 131 cm³/mol. The van der Waals surface area contributed by atoms with E-state index >= 15 is 4.39 Å². The van der Waals surface area contributed by atoms with Gasteiger partial charge in [-0.2, -0.15) is 0 Å². The second kappa shape index (κ2) is 10.0. The van der Waals surface area contributed by atoms with E-state index in [1.54, 1.807) is 10.8 Å². The number of nitrogen functional groups attached to an aromatic ring is 1. The number of aromatic nitrogens is 2. The third-order valence-electron chi connectivity index (χ3n) is 5.47. The first kappa shape index (κ1) is 22.8. The number of carbonyl (C=O) groups is 1. The molecule has 0 bridgehead atoms. The number of pyridine rings is 2. The van der Waals surface area contributed by atoms with Crippen LogP contribution in [0.3, 0.4) is 0 Å². The van der Waals surface area contributed by atoms with Gasteiger partial charge >= 0.3 is 5.97 Å². The first-order valence-corrected chi connectivity index (χ1v) is 10.8. The number of nitrogens with one attached hydrogen (secondary N) is 2. The van der Waals surface area contributed by atoms with Gasteiger partial charge in [0.15, 0.2) is 5.82 Å². The Bertz CT molecular complexity index is 1370. The van der Waals surface area contributed by atoms with Gasteiger partial charge in [0, 0.05) is 32.0 Å². The molecule has 2 aromatic heterocycles. The zero-order valence-corrected chi connectivity index (χ0v) is 18.3. The van der Waals surface area contributed by atoms with E-state index in [-0.39, 0.29) is 16.8 Å². The van der Waals surface area contributed by atoms with Crippen molar-refractivity contribution in [2.45, 2.75) is 13.0 Å². The maximum Gasteiger partial charge on any atom is 0.341 e. The van der Waals surface area contributed by atoms with Crippen LogP contribution in [-0.2, 0) is 13.0 Å². The number of aryl methyl sites for hydroxylation is 2. The molecule has 34 heavy (non-hydrogen) atoms. The normalized spacial score (nSPS) is 10.9. The highest BCUT2D eigenvalue weighted by Crippen LogP contribution is 2.29. The standard InChI is InChI=1S/C25H24FN5O3/c26-22-18(28-11-12-30-20-8-4-5-10-29-20)14-19-21(23(22)27)24(32)17(25(33)34)15-31(19)13-9-16-6-2-1-3-7-16/h1-8,10,14-15,28H,9,11-13,27H2,(H,29,30)(H,33,34). The minimum Gasteiger partial charge on any atom is -0.477 e. The molecule has 0 saturated carbocycles. The van der Waals surface area contributed by atoms with Gasteiger partial charge in [0.05, 0.1) is 22.3 Å². The number of aromatic carboxylic acids is 1. The lowest BCUT2D eigenvalue weighted by Crippen LogP contribution is -2.22. The van der Waals surface area contributed by atoms with E-state index in [9.17, 15) is 14.7 Å². The minimum absolute atomic E-state index is 0.128. The lowest BCUT2D eigenvalue weighted by Gasteiger charge is -2.17. The highest BCUT2D eigenvalue weighted by molar-refractivity contribution is 5.99. The third-order valence-corrected chi connectivity index (χ3v) is 5.47. The van der Waals surface area contributed by atoms with Gasteiger partial charge in [0.1, 0.15) is 11.4 Å². The van der Waals surface area contributed by atoms with Crippen molar-refractivity contribution in [2.75, 3.05) is 29.5 Å². The second-order valence-electron chi connectivity index (χ2n) is 7.72. The fraction of sp³-hybridized carbons (Fsp3) is 0.160. The first-order valence-electron chi connectivity index (χ1n) is 10.8. The van der Waals surface area contributed by atoms with E-state index in [4.69, 9.17) is 5.73 Å². The summed E-state index contributed by atoms with van der Waals surface area (Å²) in [6.07, 6.45) is 3.55. The SMILES string of the molecule is Nc1c(F)c(NCCNc2ccccn2)cc2c1c(=O)c(C(=O)O)cn2CCc1ccccc1. The van der Waals surface area contributed by atoms with Gasteiger partial charge in [-0.15, -0.1) is 0 Å². The average molecular weight is 461 g/mol. The van der Waals surface area contributed by atoms with Crippen molar-refractivity contribution < 1.29 is 14.3 Å². The zero-order valence-electron chi connectivity index (χ0n) is 18.3. The summed E-state index contributed by atoms with van der Waals surface area (Å²) in [5.41, 5.74) is 5.91. The number of rotatable bonds is 9. The van der Waals surface area contributed by atoms with E-state index in [0.29, 0.717) is 37.4 Å². The molecule has 0 atom stereocenters. The van der Waals surface area contributed by atoms with Crippen LogP contribution in [0.1, 0.15) is 15.9 Å². The van der Waals surface area contributed by atoms with E-state index in [1.807, 2.05) is 48.5 Å². The summed E-state index contributed by atoms with van der Waals surface area (Å²) >= 11 is 0. The van der Waals surface area contributed by atoms with Crippen LogP contribution in [0.15, 0.2) is 71.8 Å². The van der Waals surface area contributed by atoms with E-state index in [1.165, 1.54) is 12.3 Å². The molecular formula is C25H24FN5O3. The Morgan fingerprint density at radius 3 is 2.53 bits per heavy atom. The topological polar surface area (TPSA) is 122 Å². The maximum absolute atomic E-state index is 15.1. The molecule has 0 unspecified atom stereocenters. The Balaban J connectivity index is 1.66. The molecule has 0 aliphatic rings. The summed E-state index contributed by atoms with van der Waals surface area (Å²) in [5.74, 6) is -1.48. The van der Waals surface area contributed by atoms with E-state index in [0.717, 1.165) is 5.56 Å². The van der Waals surface area contributed by atoms with Crippen LogP contribution in [0.4, 0.5) is 21.6 Å². The average Bonchev–Trinajstić information content (AvgIpc) is 2.85. The molecule has 0 aliphatic carbocycles. The van der Waals surface area contributed by atoms with Crippen LogP contribution in [0.2, 0.25) is 0 Å². The number of fused-ring (bicyclic) bond motifs is 1. The molecule has 0 saturated heterocycles. The van der Waals surface area contributed by atoms with Crippen molar-refractivity contribution >= 4 is 34.1 Å². The molecule has 0 fully saturated rings. The van der Waals surface area contributed by atoms with Gasteiger partial charge in [-0.25, -0.2) is 14.2 Å². The smallest absolute Gasteiger partial charge is 0.341 e. The Morgan fingerprint density at radius 1 is 1.09 bits per heavy atom. The molecule has 0 amide bonds. The summed E-state index contributed by atoms with van der Waals surface area (Å²) in [4.78, 5) is 28.7. The van der Waals surface area contributed by atoms with Crippen molar-refractivity contribution in [3.8, 4) is 0 Å². The lowest BCUT2D eigenvalue weighted by molar-refractivity contribution is 0.0695. The molecule has 2 heterocycles. The van der Waals surface area contributed by atoms with Gasteiger partial charge < -0.3 is 26.0 Å². The van der Waals surface area contributed by atoms with Crippen LogP contribution in [0.25, 0.3) is 10.9 Å². The van der Waals surface area contributed by atoms with Crippen molar-refractivity contribution in [3.05, 3.63) is 94.2 Å². The van der Waals surface area contributed by atoms with Crippen molar-refractivity contribution in [2.24, 2.45) is 0 Å². The quantitative estimate of drug-likeness (QED) is 0.222. The Morgan fingerprint density at radius 2 is 1.82 bits per heavy atom. The largest absolute Gasteiger partial charge is 0.477 e. The summed E-state index contributed by atoms with van der Waals surface area (Å²) in [5, 5.41) is 15.5. The molecule has 9 heteroatoms. The number of halogens is 1. The molecule has 0 aliphatic heterocycles. The Kier molecular flexibility index (Phi) is 6.72.